The number of fused-ring (bicyclic) bond motifs is 2. The van der Waals surface area contributed by atoms with E-state index in [2.05, 4.69) is 29.6 Å². The molecule has 0 radical (unpaired) electrons. The Kier molecular flexibility index (Phi) is 2.95. The van der Waals surface area contributed by atoms with Crippen molar-refractivity contribution in [2.45, 2.75) is 18.9 Å². The SMILES string of the molecule is NC(=O)CC1Nc2ccccc2Cc2ccccc21. The van der Waals surface area contributed by atoms with Crippen LogP contribution in [-0.4, -0.2) is 5.91 Å². The summed E-state index contributed by atoms with van der Waals surface area (Å²) in [6.07, 6.45) is 1.19. The van der Waals surface area contributed by atoms with Gasteiger partial charge in [-0.2, -0.15) is 0 Å². The lowest BCUT2D eigenvalue weighted by molar-refractivity contribution is -0.118. The van der Waals surface area contributed by atoms with Crippen LogP contribution in [0.15, 0.2) is 48.5 Å². The van der Waals surface area contributed by atoms with Crippen LogP contribution >= 0.6 is 0 Å². The molecule has 0 aromatic heterocycles. The van der Waals surface area contributed by atoms with Crippen LogP contribution in [-0.2, 0) is 11.2 Å². The topological polar surface area (TPSA) is 55.1 Å². The number of benzene rings is 2. The van der Waals surface area contributed by atoms with E-state index < -0.39 is 0 Å². The maximum Gasteiger partial charge on any atom is 0.219 e. The Balaban J connectivity index is 2.08. The van der Waals surface area contributed by atoms with Gasteiger partial charge in [0.05, 0.1) is 12.5 Å². The molecular weight excluding hydrogens is 236 g/mol. The molecule has 3 nitrogen and oxygen atoms in total. The van der Waals surface area contributed by atoms with Gasteiger partial charge in [-0.05, 0) is 29.2 Å². The number of nitrogens with one attached hydrogen (secondary N) is 1. The van der Waals surface area contributed by atoms with Crippen LogP contribution in [0.5, 0.6) is 0 Å². The second kappa shape index (κ2) is 4.76. The first kappa shape index (κ1) is 11.8. The number of hydrogen-bond acceptors (Lipinski definition) is 2. The highest BCUT2D eigenvalue weighted by molar-refractivity contribution is 5.76. The first-order valence-electron chi connectivity index (χ1n) is 6.44. The third-order valence-corrected chi connectivity index (χ3v) is 3.56. The highest BCUT2D eigenvalue weighted by Crippen LogP contribution is 2.33. The molecule has 0 saturated carbocycles. The minimum Gasteiger partial charge on any atom is -0.377 e. The standard InChI is InChI=1S/C16H16N2O/c17-16(19)10-15-13-7-3-1-5-11(13)9-12-6-2-4-8-14(12)18-15/h1-8,15,18H,9-10H2,(H2,17,19). The molecule has 0 fully saturated rings. The van der Waals surface area contributed by atoms with Crippen molar-refractivity contribution < 1.29 is 4.79 Å². The van der Waals surface area contributed by atoms with Crippen LogP contribution < -0.4 is 11.1 Å². The Morgan fingerprint density at radius 3 is 2.58 bits per heavy atom. The van der Waals surface area contributed by atoms with E-state index in [1.807, 2.05) is 24.3 Å². The minimum atomic E-state index is -0.285. The minimum absolute atomic E-state index is 0.0441. The molecule has 3 rings (SSSR count). The van der Waals surface area contributed by atoms with Crippen molar-refractivity contribution in [2.75, 3.05) is 5.32 Å². The number of carbonyl (C=O) groups excluding carboxylic acids is 1. The van der Waals surface area contributed by atoms with Gasteiger partial charge in [-0.25, -0.2) is 0 Å². The zero-order valence-electron chi connectivity index (χ0n) is 10.6. The third kappa shape index (κ3) is 2.32. The quantitative estimate of drug-likeness (QED) is 0.863. The average molecular weight is 252 g/mol. The lowest BCUT2D eigenvalue weighted by atomic mass is 9.96. The van der Waals surface area contributed by atoms with Crippen LogP contribution in [0.25, 0.3) is 0 Å². The van der Waals surface area contributed by atoms with Gasteiger partial charge in [-0.3, -0.25) is 4.79 Å². The van der Waals surface area contributed by atoms with E-state index in [0.717, 1.165) is 17.7 Å². The van der Waals surface area contributed by atoms with Crippen molar-refractivity contribution in [3.8, 4) is 0 Å². The third-order valence-electron chi connectivity index (χ3n) is 3.56. The van der Waals surface area contributed by atoms with Gasteiger partial charge >= 0.3 is 0 Å². The Labute approximate surface area is 112 Å². The molecule has 0 spiro atoms. The number of hydrogen-bond donors (Lipinski definition) is 2. The molecule has 1 unspecified atom stereocenters. The lowest BCUT2D eigenvalue weighted by Gasteiger charge is -2.19. The molecule has 2 aromatic rings. The van der Waals surface area contributed by atoms with E-state index in [1.54, 1.807) is 0 Å². The number of anilines is 1. The van der Waals surface area contributed by atoms with E-state index >= 15 is 0 Å². The van der Waals surface area contributed by atoms with Crippen molar-refractivity contribution in [3.63, 3.8) is 0 Å². The zero-order valence-corrected chi connectivity index (χ0v) is 10.6. The van der Waals surface area contributed by atoms with E-state index in [0.29, 0.717) is 6.42 Å². The normalized spacial score (nSPS) is 16.7. The summed E-state index contributed by atoms with van der Waals surface area (Å²) >= 11 is 0. The van der Waals surface area contributed by atoms with Gasteiger partial charge in [0, 0.05) is 5.69 Å². The number of carbonyl (C=O) groups is 1. The van der Waals surface area contributed by atoms with Crippen molar-refractivity contribution >= 4 is 11.6 Å². The van der Waals surface area contributed by atoms with Crippen LogP contribution in [0, 0.1) is 0 Å². The molecule has 1 amide bonds. The fourth-order valence-corrected chi connectivity index (χ4v) is 2.68. The Bertz CT molecular complexity index is 622. The number of nitrogens with two attached hydrogens (primary N) is 1. The molecule has 96 valence electrons. The fraction of sp³-hybridized carbons (Fsp3) is 0.188. The molecule has 0 bridgehead atoms. The van der Waals surface area contributed by atoms with Gasteiger partial charge in [-0.15, -0.1) is 0 Å². The van der Waals surface area contributed by atoms with E-state index in [9.17, 15) is 4.79 Å². The number of primary amides is 1. The van der Waals surface area contributed by atoms with Crippen LogP contribution in [0.4, 0.5) is 5.69 Å². The Morgan fingerprint density at radius 1 is 1.11 bits per heavy atom. The van der Waals surface area contributed by atoms with Gasteiger partial charge in [0.25, 0.3) is 0 Å². The van der Waals surface area contributed by atoms with Gasteiger partial charge in [0.15, 0.2) is 0 Å². The first-order valence-corrected chi connectivity index (χ1v) is 6.44. The average Bonchev–Trinajstić information content (AvgIpc) is 2.55. The van der Waals surface area contributed by atoms with Gasteiger partial charge in [0.2, 0.25) is 5.91 Å². The maximum atomic E-state index is 11.3. The number of amides is 1. The molecule has 0 saturated heterocycles. The molecule has 1 atom stereocenters. The van der Waals surface area contributed by atoms with Crippen LogP contribution in [0.2, 0.25) is 0 Å². The summed E-state index contributed by atoms with van der Waals surface area (Å²) in [5.41, 5.74) is 10.1. The molecule has 1 heterocycles. The fourth-order valence-electron chi connectivity index (χ4n) is 2.68. The maximum absolute atomic E-state index is 11.3. The summed E-state index contributed by atoms with van der Waals surface area (Å²) in [6, 6.07) is 16.4. The van der Waals surface area contributed by atoms with Gasteiger partial charge in [0.1, 0.15) is 0 Å². The molecular formula is C16H16N2O. The van der Waals surface area contributed by atoms with Crippen LogP contribution in [0.3, 0.4) is 0 Å². The smallest absolute Gasteiger partial charge is 0.219 e. The van der Waals surface area contributed by atoms with Crippen molar-refractivity contribution in [1.82, 2.24) is 0 Å². The summed E-state index contributed by atoms with van der Waals surface area (Å²) in [5, 5.41) is 3.45. The van der Waals surface area contributed by atoms with Crippen molar-refractivity contribution in [3.05, 3.63) is 65.2 Å². The lowest BCUT2D eigenvalue weighted by Crippen LogP contribution is -2.20. The summed E-state index contributed by atoms with van der Waals surface area (Å²) in [4.78, 5) is 11.3. The molecule has 3 heteroatoms. The van der Waals surface area contributed by atoms with E-state index in [4.69, 9.17) is 5.73 Å². The molecule has 19 heavy (non-hydrogen) atoms. The highest BCUT2D eigenvalue weighted by atomic mass is 16.1. The number of rotatable bonds is 2. The molecule has 2 aromatic carbocycles. The van der Waals surface area contributed by atoms with Crippen molar-refractivity contribution in [1.29, 1.82) is 0 Å². The van der Waals surface area contributed by atoms with Gasteiger partial charge < -0.3 is 11.1 Å². The highest BCUT2D eigenvalue weighted by Gasteiger charge is 2.22. The van der Waals surface area contributed by atoms with Gasteiger partial charge in [-0.1, -0.05) is 42.5 Å². The second-order valence-corrected chi connectivity index (χ2v) is 4.90. The molecule has 0 aliphatic carbocycles. The number of para-hydroxylation sites is 1. The molecule has 1 aliphatic rings. The summed E-state index contributed by atoms with van der Waals surface area (Å²) in [7, 11) is 0. The Morgan fingerprint density at radius 2 is 1.79 bits per heavy atom. The molecule has 3 N–H and O–H groups in total. The molecule has 1 aliphatic heterocycles. The predicted octanol–water partition coefficient (Wildman–Crippen LogP) is 2.62. The summed E-state index contributed by atoms with van der Waals surface area (Å²) < 4.78 is 0. The predicted molar refractivity (Wildman–Crippen MR) is 75.9 cm³/mol. The summed E-state index contributed by atoms with van der Waals surface area (Å²) in [5.74, 6) is -0.285. The summed E-state index contributed by atoms with van der Waals surface area (Å²) in [6.45, 7) is 0. The van der Waals surface area contributed by atoms with Crippen molar-refractivity contribution in [2.24, 2.45) is 5.73 Å². The van der Waals surface area contributed by atoms with Crippen LogP contribution in [0.1, 0.15) is 29.2 Å². The monoisotopic (exact) mass is 252 g/mol. The Hall–Kier alpha value is -2.29. The second-order valence-electron chi connectivity index (χ2n) is 4.90. The first-order chi connectivity index (χ1) is 9.24. The van der Waals surface area contributed by atoms with E-state index in [1.165, 1.54) is 11.1 Å². The zero-order chi connectivity index (χ0) is 13.2. The van der Waals surface area contributed by atoms with E-state index in [-0.39, 0.29) is 11.9 Å². The largest absolute Gasteiger partial charge is 0.377 e.